The molecule has 0 saturated heterocycles. The standard InChI is InChI=1S/C21H26O5/c1-19-7-5-13(23)9-12(19)3-4-14-15-6-8-21(26,17(25)11-22)20(15,2)10-16(24)18(14)19/h5,7,9,14-15,18,22,26H,3-4,6,8,10-11H2,1-2H3/t14?,15?,18?,19-,20+,21-/m0/s1. The average molecular weight is 358 g/mol. The number of carbonyl (C=O) groups excluding carboxylic acids is 3. The van der Waals surface area contributed by atoms with E-state index in [-0.39, 0.29) is 35.7 Å². The summed E-state index contributed by atoms with van der Waals surface area (Å²) in [4.78, 5) is 37.4. The summed E-state index contributed by atoms with van der Waals surface area (Å²) in [5.74, 6) is -0.590. The Bertz CT molecular complexity index is 764. The molecule has 5 heteroatoms. The van der Waals surface area contributed by atoms with E-state index in [1.165, 1.54) is 0 Å². The van der Waals surface area contributed by atoms with Crippen LogP contribution in [0.3, 0.4) is 0 Å². The molecule has 3 unspecified atom stereocenters. The second-order valence-electron chi connectivity index (χ2n) is 9.02. The zero-order valence-corrected chi connectivity index (χ0v) is 15.3. The lowest BCUT2D eigenvalue weighted by atomic mass is 9.46. The Kier molecular flexibility index (Phi) is 3.74. The summed E-state index contributed by atoms with van der Waals surface area (Å²) in [6.45, 7) is 3.19. The van der Waals surface area contributed by atoms with Crippen LogP contribution in [-0.2, 0) is 14.4 Å². The minimum Gasteiger partial charge on any atom is -0.388 e. The van der Waals surface area contributed by atoms with Crippen LogP contribution in [-0.4, -0.2) is 39.8 Å². The zero-order valence-electron chi connectivity index (χ0n) is 15.3. The molecule has 0 radical (unpaired) electrons. The van der Waals surface area contributed by atoms with Gasteiger partial charge in [0.1, 0.15) is 18.0 Å². The monoisotopic (exact) mass is 358 g/mol. The van der Waals surface area contributed by atoms with Gasteiger partial charge in [-0.1, -0.05) is 25.5 Å². The molecule has 140 valence electrons. The summed E-state index contributed by atoms with van der Waals surface area (Å²) in [5, 5.41) is 20.5. The number of fused-ring (bicyclic) bond motifs is 5. The van der Waals surface area contributed by atoms with Crippen molar-refractivity contribution in [2.75, 3.05) is 6.61 Å². The molecule has 3 fully saturated rings. The molecular weight excluding hydrogens is 332 g/mol. The molecule has 2 N–H and O–H groups in total. The fourth-order valence-electron chi connectivity index (χ4n) is 6.62. The summed E-state index contributed by atoms with van der Waals surface area (Å²) in [6.07, 6.45) is 7.82. The van der Waals surface area contributed by atoms with E-state index < -0.39 is 28.8 Å². The molecule has 0 bridgehead atoms. The van der Waals surface area contributed by atoms with Gasteiger partial charge in [0.15, 0.2) is 11.6 Å². The second kappa shape index (κ2) is 5.46. The fourth-order valence-corrected chi connectivity index (χ4v) is 6.62. The number of aliphatic hydroxyl groups excluding tert-OH is 1. The zero-order chi connectivity index (χ0) is 18.9. The minimum atomic E-state index is -1.62. The Hall–Kier alpha value is -1.59. The average Bonchev–Trinajstić information content (AvgIpc) is 2.86. The van der Waals surface area contributed by atoms with Gasteiger partial charge < -0.3 is 10.2 Å². The van der Waals surface area contributed by atoms with Gasteiger partial charge in [-0.25, -0.2) is 0 Å². The van der Waals surface area contributed by atoms with Crippen LogP contribution in [0.25, 0.3) is 0 Å². The van der Waals surface area contributed by atoms with Crippen molar-refractivity contribution in [3.8, 4) is 0 Å². The van der Waals surface area contributed by atoms with Crippen molar-refractivity contribution < 1.29 is 24.6 Å². The first-order valence-electron chi connectivity index (χ1n) is 9.51. The van der Waals surface area contributed by atoms with Gasteiger partial charge >= 0.3 is 0 Å². The summed E-state index contributed by atoms with van der Waals surface area (Å²) in [7, 11) is 0. The van der Waals surface area contributed by atoms with E-state index in [1.807, 2.05) is 19.9 Å². The Morgan fingerprint density at radius 3 is 2.69 bits per heavy atom. The van der Waals surface area contributed by atoms with Crippen LogP contribution in [0.2, 0.25) is 0 Å². The molecule has 0 heterocycles. The van der Waals surface area contributed by atoms with Gasteiger partial charge in [0.2, 0.25) is 0 Å². The Labute approximate surface area is 153 Å². The van der Waals surface area contributed by atoms with Crippen molar-refractivity contribution in [2.45, 2.75) is 51.6 Å². The molecule has 5 nitrogen and oxygen atoms in total. The largest absolute Gasteiger partial charge is 0.388 e. The first-order chi connectivity index (χ1) is 12.2. The van der Waals surface area contributed by atoms with Crippen LogP contribution in [0.4, 0.5) is 0 Å². The van der Waals surface area contributed by atoms with Gasteiger partial charge in [-0.2, -0.15) is 0 Å². The van der Waals surface area contributed by atoms with Crippen LogP contribution in [0.1, 0.15) is 46.0 Å². The van der Waals surface area contributed by atoms with E-state index in [4.69, 9.17) is 0 Å². The first-order valence-corrected chi connectivity index (χ1v) is 9.51. The van der Waals surface area contributed by atoms with Crippen LogP contribution < -0.4 is 0 Å². The fraction of sp³-hybridized carbons (Fsp3) is 0.667. The van der Waals surface area contributed by atoms with E-state index in [0.717, 1.165) is 18.4 Å². The van der Waals surface area contributed by atoms with E-state index in [1.54, 1.807) is 12.2 Å². The van der Waals surface area contributed by atoms with Gasteiger partial charge in [-0.3, -0.25) is 14.4 Å². The van der Waals surface area contributed by atoms with E-state index in [9.17, 15) is 24.6 Å². The molecule has 26 heavy (non-hydrogen) atoms. The van der Waals surface area contributed by atoms with Crippen LogP contribution in [0.5, 0.6) is 0 Å². The summed E-state index contributed by atoms with van der Waals surface area (Å²) >= 11 is 0. The summed E-state index contributed by atoms with van der Waals surface area (Å²) < 4.78 is 0. The second-order valence-corrected chi connectivity index (χ2v) is 9.02. The normalized spacial score (nSPS) is 47.1. The number of carbonyl (C=O) groups is 3. The molecule has 4 rings (SSSR count). The molecule has 0 aromatic rings. The molecular formula is C21H26O5. The highest BCUT2D eigenvalue weighted by molar-refractivity contribution is 6.02. The van der Waals surface area contributed by atoms with Gasteiger partial charge in [0.05, 0.1) is 0 Å². The van der Waals surface area contributed by atoms with E-state index >= 15 is 0 Å². The lowest BCUT2D eigenvalue weighted by Crippen LogP contribution is -2.60. The molecule has 0 aromatic carbocycles. The third-order valence-electron chi connectivity index (χ3n) is 8.01. The van der Waals surface area contributed by atoms with E-state index in [2.05, 4.69) is 0 Å². The maximum absolute atomic E-state index is 13.3. The SMILES string of the molecule is C[C@]12C=CC(=O)C=C1CCC1C2C(=O)C[C@]2(C)C1CC[C@]2(O)C(=O)CO. The molecule has 0 aromatic heterocycles. The van der Waals surface area contributed by atoms with Crippen LogP contribution in [0.15, 0.2) is 23.8 Å². The summed E-state index contributed by atoms with van der Waals surface area (Å²) in [6, 6.07) is 0. The minimum absolute atomic E-state index is 0.0206. The van der Waals surface area contributed by atoms with Crippen molar-refractivity contribution in [2.24, 2.45) is 28.6 Å². The number of hydrogen-bond donors (Lipinski definition) is 2. The number of allylic oxidation sites excluding steroid dienone is 4. The van der Waals surface area contributed by atoms with Crippen LogP contribution in [0, 0.1) is 28.6 Å². The quantitative estimate of drug-likeness (QED) is 0.785. The van der Waals surface area contributed by atoms with Gasteiger partial charge in [0.25, 0.3) is 0 Å². The van der Waals surface area contributed by atoms with Crippen molar-refractivity contribution in [3.05, 3.63) is 23.8 Å². The number of rotatable bonds is 2. The third-order valence-corrected chi connectivity index (χ3v) is 8.01. The lowest BCUT2D eigenvalue weighted by Gasteiger charge is -2.56. The molecule has 6 atom stereocenters. The Morgan fingerprint density at radius 2 is 2.00 bits per heavy atom. The topological polar surface area (TPSA) is 91.7 Å². The van der Waals surface area contributed by atoms with E-state index in [0.29, 0.717) is 12.8 Å². The molecule has 0 spiro atoms. The Morgan fingerprint density at radius 1 is 1.27 bits per heavy atom. The molecule has 4 aliphatic carbocycles. The molecule has 0 aliphatic heterocycles. The van der Waals surface area contributed by atoms with Crippen molar-refractivity contribution in [1.82, 2.24) is 0 Å². The molecule has 3 saturated carbocycles. The number of hydrogen-bond acceptors (Lipinski definition) is 5. The maximum atomic E-state index is 13.3. The van der Waals surface area contributed by atoms with Crippen molar-refractivity contribution >= 4 is 17.3 Å². The predicted molar refractivity (Wildman–Crippen MR) is 94.0 cm³/mol. The summed E-state index contributed by atoms with van der Waals surface area (Å²) in [5.41, 5.74) is -1.86. The lowest BCUT2D eigenvalue weighted by molar-refractivity contribution is -0.168. The molecule has 4 aliphatic rings. The molecule has 0 amide bonds. The Balaban J connectivity index is 1.76. The highest BCUT2D eigenvalue weighted by atomic mass is 16.3. The first kappa shape index (κ1) is 17.8. The smallest absolute Gasteiger partial charge is 0.190 e. The van der Waals surface area contributed by atoms with Crippen molar-refractivity contribution in [1.29, 1.82) is 0 Å². The van der Waals surface area contributed by atoms with Gasteiger partial charge in [-0.05, 0) is 49.7 Å². The number of ketones is 3. The highest BCUT2D eigenvalue weighted by Gasteiger charge is 2.68. The maximum Gasteiger partial charge on any atom is 0.190 e. The van der Waals surface area contributed by atoms with Crippen LogP contribution >= 0.6 is 0 Å². The third kappa shape index (κ3) is 2.01. The van der Waals surface area contributed by atoms with Gasteiger partial charge in [-0.15, -0.1) is 0 Å². The number of Topliss-reactive ketones (excluding diaryl/α,β-unsaturated/α-hetero) is 2. The van der Waals surface area contributed by atoms with Gasteiger partial charge in [0, 0.05) is 23.2 Å². The van der Waals surface area contributed by atoms with Crippen molar-refractivity contribution in [3.63, 3.8) is 0 Å². The number of aliphatic hydroxyl groups is 2. The predicted octanol–water partition coefficient (Wildman–Crippen LogP) is 1.77. The highest BCUT2D eigenvalue weighted by Crippen LogP contribution is 2.66.